The topological polar surface area (TPSA) is 73.9 Å². The molecule has 1 aliphatic heterocycles. The highest BCUT2D eigenvalue weighted by atomic mass is 32.1. The van der Waals surface area contributed by atoms with E-state index < -0.39 is 5.97 Å². The molecule has 0 atom stereocenters. The van der Waals surface area contributed by atoms with Crippen molar-refractivity contribution in [2.45, 2.75) is 0 Å². The number of benzene rings is 1. The third-order valence-corrected chi connectivity index (χ3v) is 3.98. The first-order valence-corrected chi connectivity index (χ1v) is 7.44. The third-order valence-electron chi connectivity index (χ3n) is 3.09. The minimum Gasteiger partial charge on any atom is -0.486 e. The van der Waals surface area contributed by atoms with Crippen molar-refractivity contribution in [2.24, 2.45) is 0 Å². The van der Waals surface area contributed by atoms with Gasteiger partial charge in [-0.1, -0.05) is 0 Å². The van der Waals surface area contributed by atoms with E-state index in [1.807, 2.05) is 0 Å². The van der Waals surface area contributed by atoms with Gasteiger partial charge in [0.1, 0.15) is 18.1 Å². The minimum absolute atomic E-state index is 0.333. The molecule has 0 aliphatic carbocycles. The van der Waals surface area contributed by atoms with Crippen LogP contribution in [0.2, 0.25) is 0 Å². The van der Waals surface area contributed by atoms with Crippen molar-refractivity contribution >= 4 is 28.9 Å². The minimum atomic E-state index is -0.479. The highest BCUT2D eigenvalue weighted by Crippen LogP contribution is 2.31. The average molecular weight is 319 g/mol. The number of nitrogens with one attached hydrogen (secondary N) is 1. The second-order valence-corrected chi connectivity index (χ2v) is 5.38. The van der Waals surface area contributed by atoms with E-state index in [9.17, 15) is 9.59 Å². The molecule has 0 bridgehead atoms. The fourth-order valence-electron chi connectivity index (χ4n) is 2.04. The SMILES string of the molecule is COC(=O)c1sccc1NC(=O)c1ccc2c(c1)OCCO2. The van der Waals surface area contributed by atoms with Crippen LogP contribution in [0.15, 0.2) is 29.6 Å². The lowest BCUT2D eigenvalue weighted by atomic mass is 10.1. The molecule has 1 aromatic carbocycles. The maximum absolute atomic E-state index is 12.3. The van der Waals surface area contributed by atoms with Gasteiger partial charge in [0, 0.05) is 5.56 Å². The van der Waals surface area contributed by atoms with Gasteiger partial charge in [-0.3, -0.25) is 4.79 Å². The van der Waals surface area contributed by atoms with Crippen molar-refractivity contribution in [2.75, 3.05) is 25.6 Å². The number of ether oxygens (including phenoxy) is 3. The Morgan fingerprint density at radius 1 is 1.18 bits per heavy atom. The van der Waals surface area contributed by atoms with Crippen molar-refractivity contribution in [3.63, 3.8) is 0 Å². The van der Waals surface area contributed by atoms with Crippen molar-refractivity contribution in [3.05, 3.63) is 40.1 Å². The fourth-order valence-corrected chi connectivity index (χ4v) is 2.80. The van der Waals surface area contributed by atoms with Crippen LogP contribution in [-0.2, 0) is 4.74 Å². The number of fused-ring (bicyclic) bond motifs is 1. The molecular weight excluding hydrogens is 306 g/mol. The molecule has 22 heavy (non-hydrogen) atoms. The number of amides is 1. The number of rotatable bonds is 3. The van der Waals surface area contributed by atoms with Gasteiger partial charge in [0.05, 0.1) is 12.8 Å². The molecule has 2 heterocycles. The highest BCUT2D eigenvalue weighted by Gasteiger charge is 2.18. The maximum Gasteiger partial charge on any atom is 0.350 e. The quantitative estimate of drug-likeness (QED) is 0.880. The predicted molar refractivity (Wildman–Crippen MR) is 81.0 cm³/mol. The molecule has 1 amide bonds. The first-order valence-electron chi connectivity index (χ1n) is 6.56. The summed E-state index contributed by atoms with van der Waals surface area (Å²) in [6, 6.07) is 6.62. The molecule has 1 N–H and O–H groups in total. The summed E-state index contributed by atoms with van der Waals surface area (Å²) in [5.41, 5.74) is 0.850. The van der Waals surface area contributed by atoms with Crippen LogP contribution in [0.5, 0.6) is 11.5 Å². The van der Waals surface area contributed by atoms with Crippen LogP contribution in [-0.4, -0.2) is 32.2 Å². The van der Waals surface area contributed by atoms with Gasteiger partial charge in [0.25, 0.3) is 5.91 Å². The summed E-state index contributed by atoms with van der Waals surface area (Å²) in [6.07, 6.45) is 0. The van der Waals surface area contributed by atoms with E-state index in [0.717, 1.165) is 0 Å². The first-order chi connectivity index (χ1) is 10.7. The molecule has 114 valence electrons. The second-order valence-electron chi connectivity index (χ2n) is 4.47. The third kappa shape index (κ3) is 2.75. The summed E-state index contributed by atoms with van der Waals surface area (Å²) in [7, 11) is 1.30. The number of anilines is 1. The van der Waals surface area contributed by atoms with Crippen LogP contribution in [0.25, 0.3) is 0 Å². The Bertz CT molecular complexity index is 724. The fraction of sp³-hybridized carbons (Fsp3) is 0.200. The van der Waals surface area contributed by atoms with Crippen molar-refractivity contribution in [1.29, 1.82) is 0 Å². The van der Waals surface area contributed by atoms with Crippen LogP contribution in [0.3, 0.4) is 0 Å². The molecule has 1 aromatic heterocycles. The van der Waals surface area contributed by atoms with Crippen molar-refractivity contribution in [3.8, 4) is 11.5 Å². The molecule has 7 heteroatoms. The normalized spacial score (nSPS) is 12.6. The Balaban J connectivity index is 1.80. The molecule has 0 saturated carbocycles. The molecular formula is C15H13NO5S. The van der Waals surface area contributed by atoms with Crippen LogP contribution in [0.1, 0.15) is 20.0 Å². The number of carbonyl (C=O) groups is 2. The zero-order valence-electron chi connectivity index (χ0n) is 11.8. The maximum atomic E-state index is 12.3. The highest BCUT2D eigenvalue weighted by molar-refractivity contribution is 7.12. The van der Waals surface area contributed by atoms with Gasteiger partial charge in [-0.2, -0.15) is 0 Å². The molecule has 0 saturated heterocycles. The lowest BCUT2D eigenvalue weighted by Gasteiger charge is -2.18. The molecule has 1 aliphatic rings. The van der Waals surface area contributed by atoms with Gasteiger partial charge in [-0.05, 0) is 29.6 Å². The summed E-state index contributed by atoms with van der Waals surface area (Å²) in [4.78, 5) is 24.3. The van der Waals surface area contributed by atoms with E-state index in [4.69, 9.17) is 9.47 Å². The summed E-state index contributed by atoms with van der Waals surface area (Å²) in [5, 5.41) is 4.42. The molecule has 0 fully saturated rings. The number of esters is 1. The van der Waals surface area contributed by atoms with Crippen LogP contribution >= 0.6 is 11.3 Å². The lowest BCUT2D eigenvalue weighted by molar-refractivity contribution is 0.0607. The first kappa shape index (κ1) is 14.4. The zero-order valence-corrected chi connectivity index (χ0v) is 12.6. The monoisotopic (exact) mass is 319 g/mol. The molecule has 0 radical (unpaired) electrons. The number of hydrogen-bond acceptors (Lipinski definition) is 6. The van der Waals surface area contributed by atoms with E-state index in [0.29, 0.717) is 40.8 Å². The largest absolute Gasteiger partial charge is 0.486 e. The molecule has 0 spiro atoms. The molecule has 3 rings (SSSR count). The van der Waals surface area contributed by atoms with E-state index in [-0.39, 0.29) is 5.91 Å². The van der Waals surface area contributed by atoms with Gasteiger partial charge in [-0.15, -0.1) is 11.3 Å². The standard InChI is InChI=1S/C15H13NO5S/c1-19-15(18)13-10(4-7-22-13)16-14(17)9-2-3-11-12(8-9)21-6-5-20-11/h2-4,7-8H,5-6H2,1H3,(H,16,17). The zero-order chi connectivity index (χ0) is 15.5. The number of thiophene rings is 1. The van der Waals surface area contributed by atoms with Crippen molar-refractivity contribution < 1.29 is 23.8 Å². The Hall–Kier alpha value is -2.54. The van der Waals surface area contributed by atoms with Gasteiger partial charge < -0.3 is 19.5 Å². The van der Waals surface area contributed by atoms with Crippen LogP contribution < -0.4 is 14.8 Å². The summed E-state index contributed by atoms with van der Waals surface area (Å²) in [6.45, 7) is 0.949. The van der Waals surface area contributed by atoms with Gasteiger partial charge >= 0.3 is 5.97 Å². The molecule has 6 nitrogen and oxygen atoms in total. The van der Waals surface area contributed by atoms with Crippen LogP contribution in [0.4, 0.5) is 5.69 Å². The van der Waals surface area contributed by atoms with Crippen molar-refractivity contribution in [1.82, 2.24) is 0 Å². The van der Waals surface area contributed by atoms with E-state index >= 15 is 0 Å². The second kappa shape index (κ2) is 6.07. The van der Waals surface area contributed by atoms with E-state index in [2.05, 4.69) is 10.1 Å². The average Bonchev–Trinajstić information content (AvgIpc) is 3.01. The van der Waals surface area contributed by atoms with E-state index in [1.165, 1.54) is 18.4 Å². The number of carbonyl (C=O) groups excluding carboxylic acids is 2. The van der Waals surface area contributed by atoms with E-state index in [1.54, 1.807) is 29.6 Å². The smallest absolute Gasteiger partial charge is 0.350 e. The Morgan fingerprint density at radius 2 is 1.95 bits per heavy atom. The molecule has 0 unspecified atom stereocenters. The Morgan fingerprint density at radius 3 is 2.73 bits per heavy atom. The Kier molecular flexibility index (Phi) is 3.97. The molecule has 2 aromatic rings. The summed E-state index contributed by atoms with van der Waals surface area (Å²) in [5.74, 6) is 0.346. The number of methoxy groups -OCH3 is 1. The van der Waals surface area contributed by atoms with Crippen LogP contribution in [0, 0.1) is 0 Å². The predicted octanol–water partition coefficient (Wildman–Crippen LogP) is 2.56. The number of hydrogen-bond donors (Lipinski definition) is 1. The Labute approximate surface area is 130 Å². The summed E-state index contributed by atoms with van der Waals surface area (Å²) >= 11 is 1.21. The van der Waals surface area contributed by atoms with Gasteiger partial charge in [-0.25, -0.2) is 4.79 Å². The van der Waals surface area contributed by atoms with Gasteiger partial charge in [0.15, 0.2) is 11.5 Å². The van der Waals surface area contributed by atoms with Gasteiger partial charge in [0.2, 0.25) is 0 Å². The summed E-state index contributed by atoms with van der Waals surface area (Å²) < 4.78 is 15.5. The lowest BCUT2D eigenvalue weighted by Crippen LogP contribution is -2.17.